The third-order valence-corrected chi connectivity index (χ3v) is 6.11. The van der Waals surface area contributed by atoms with Crippen LogP contribution >= 0.6 is 35.0 Å². The molecule has 29 heavy (non-hydrogen) atoms. The monoisotopic (exact) mass is 444 g/mol. The summed E-state index contributed by atoms with van der Waals surface area (Å²) in [5, 5.41) is 21.2. The lowest BCUT2D eigenvalue weighted by Crippen LogP contribution is -2.04. The molecule has 0 aliphatic heterocycles. The Balaban J connectivity index is 1.74. The molecule has 0 bridgehead atoms. The summed E-state index contributed by atoms with van der Waals surface area (Å²) in [5.74, 6) is 1.28. The minimum absolute atomic E-state index is 0.115. The smallest absolute Gasteiger partial charge is 0.208 e. The van der Waals surface area contributed by atoms with E-state index in [2.05, 4.69) is 37.7 Å². The zero-order chi connectivity index (χ0) is 20.4. The van der Waals surface area contributed by atoms with E-state index in [4.69, 9.17) is 23.2 Å². The van der Waals surface area contributed by atoms with Crippen LogP contribution in [0.2, 0.25) is 10.0 Å². The van der Waals surface area contributed by atoms with Gasteiger partial charge in [-0.1, -0.05) is 53.5 Å². The number of aromatic nitrogens is 6. The van der Waals surface area contributed by atoms with Gasteiger partial charge in [-0.15, -0.1) is 22.0 Å². The average molecular weight is 445 g/mol. The molecule has 0 aliphatic carbocycles. The van der Waals surface area contributed by atoms with Crippen molar-refractivity contribution in [1.29, 1.82) is 0 Å². The Kier molecular flexibility index (Phi) is 5.89. The molecule has 4 rings (SSSR count). The zero-order valence-corrected chi connectivity index (χ0v) is 18.1. The second kappa shape index (κ2) is 8.57. The Bertz CT molecular complexity index is 1120. The molecule has 0 atom stereocenters. The van der Waals surface area contributed by atoms with Crippen molar-refractivity contribution in [2.24, 2.45) is 0 Å². The third-order valence-electron chi connectivity index (χ3n) is 4.27. The standard InChI is InChI=1S/C20H18Cl2N6S/c1-12(2)28-26-20(25-27-28)16-10-23-24-18(16)15-8-14(21)9-17(22)19(15)29-11-13-6-4-3-5-7-13/h3-10,12H,11H2,1-2H3,(H,23,24). The van der Waals surface area contributed by atoms with Crippen molar-refractivity contribution in [3.05, 3.63) is 64.3 Å². The van der Waals surface area contributed by atoms with Gasteiger partial charge in [0.1, 0.15) is 0 Å². The first-order chi connectivity index (χ1) is 14.0. The summed E-state index contributed by atoms with van der Waals surface area (Å²) in [6, 6.07) is 14.0. The molecular formula is C20H18Cl2N6S. The van der Waals surface area contributed by atoms with Crippen LogP contribution in [0.15, 0.2) is 53.6 Å². The van der Waals surface area contributed by atoms with Crippen LogP contribution < -0.4 is 0 Å². The molecule has 0 aliphatic rings. The van der Waals surface area contributed by atoms with Crippen molar-refractivity contribution < 1.29 is 0 Å². The van der Waals surface area contributed by atoms with Gasteiger partial charge in [0.25, 0.3) is 0 Å². The van der Waals surface area contributed by atoms with E-state index in [0.717, 1.165) is 27.5 Å². The maximum atomic E-state index is 6.57. The van der Waals surface area contributed by atoms with Crippen LogP contribution in [0.4, 0.5) is 0 Å². The van der Waals surface area contributed by atoms with Gasteiger partial charge in [-0.3, -0.25) is 5.10 Å². The minimum atomic E-state index is 0.115. The van der Waals surface area contributed by atoms with Gasteiger partial charge in [-0.2, -0.15) is 9.90 Å². The Labute approximate surface area is 182 Å². The molecule has 0 saturated heterocycles. The van der Waals surface area contributed by atoms with Crippen LogP contribution in [0.5, 0.6) is 0 Å². The highest BCUT2D eigenvalue weighted by Crippen LogP contribution is 2.42. The fourth-order valence-electron chi connectivity index (χ4n) is 2.84. The van der Waals surface area contributed by atoms with Gasteiger partial charge in [-0.25, -0.2) is 0 Å². The Hall–Kier alpha value is -2.35. The normalized spacial score (nSPS) is 11.3. The summed E-state index contributed by atoms with van der Waals surface area (Å²) in [6.45, 7) is 3.99. The van der Waals surface area contributed by atoms with Gasteiger partial charge in [-0.05, 0) is 36.8 Å². The SMILES string of the molecule is CC(C)n1nnc(-c2cn[nH]c2-c2cc(Cl)cc(Cl)c2SCc2ccccc2)n1. The molecule has 9 heteroatoms. The molecule has 6 nitrogen and oxygen atoms in total. The van der Waals surface area contributed by atoms with Crippen molar-refractivity contribution in [1.82, 2.24) is 30.4 Å². The number of halogens is 2. The lowest BCUT2D eigenvalue weighted by atomic mass is 10.1. The molecule has 1 N–H and O–H groups in total. The van der Waals surface area contributed by atoms with Crippen LogP contribution in [-0.4, -0.2) is 30.4 Å². The Morgan fingerprint density at radius 2 is 1.90 bits per heavy atom. The van der Waals surface area contributed by atoms with E-state index >= 15 is 0 Å². The number of tetrazole rings is 1. The molecule has 2 heterocycles. The number of H-pyrrole nitrogens is 1. The number of rotatable bonds is 6. The summed E-state index contributed by atoms with van der Waals surface area (Å²) >= 11 is 14.5. The molecule has 0 unspecified atom stereocenters. The Morgan fingerprint density at radius 3 is 2.62 bits per heavy atom. The van der Waals surface area contributed by atoms with Crippen molar-refractivity contribution in [2.45, 2.75) is 30.5 Å². The van der Waals surface area contributed by atoms with Gasteiger partial charge >= 0.3 is 0 Å². The van der Waals surface area contributed by atoms with Crippen LogP contribution in [0, 0.1) is 0 Å². The fraction of sp³-hybridized carbons (Fsp3) is 0.200. The summed E-state index contributed by atoms with van der Waals surface area (Å²) in [4.78, 5) is 2.49. The van der Waals surface area contributed by atoms with Crippen molar-refractivity contribution in [3.8, 4) is 22.6 Å². The van der Waals surface area contributed by atoms with Gasteiger partial charge in [0.2, 0.25) is 5.82 Å². The zero-order valence-electron chi connectivity index (χ0n) is 15.8. The van der Waals surface area contributed by atoms with E-state index in [9.17, 15) is 0 Å². The molecule has 148 valence electrons. The van der Waals surface area contributed by atoms with Crippen molar-refractivity contribution in [3.63, 3.8) is 0 Å². The quantitative estimate of drug-likeness (QED) is 0.374. The highest BCUT2D eigenvalue weighted by Gasteiger charge is 2.20. The molecule has 0 saturated carbocycles. The maximum Gasteiger partial charge on any atom is 0.208 e. The van der Waals surface area contributed by atoms with E-state index in [1.54, 1.807) is 28.8 Å². The first kappa shape index (κ1) is 19.9. The number of aromatic amines is 1. The highest BCUT2D eigenvalue weighted by molar-refractivity contribution is 7.98. The van der Waals surface area contributed by atoms with Gasteiger partial charge in [0.05, 0.1) is 28.5 Å². The van der Waals surface area contributed by atoms with Crippen molar-refractivity contribution in [2.75, 3.05) is 0 Å². The summed E-state index contributed by atoms with van der Waals surface area (Å²) in [6.07, 6.45) is 1.69. The average Bonchev–Trinajstić information content (AvgIpc) is 3.37. The van der Waals surface area contributed by atoms with Crippen molar-refractivity contribution >= 4 is 35.0 Å². The molecule has 0 spiro atoms. The largest absolute Gasteiger partial charge is 0.277 e. The van der Waals surface area contributed by atoms with E-state index < -0.39 is 0 Å². The van der Waals surface area contributed by atoms with Crippen LogP contribution in [0.25, 0.3) is 22.6 Å². The Morgan fingerprint density at radius 1 is 1.10 bits per heavy atom. The maximum absolute atomic E-state index is 6.57. The van der Waals surface area contributed by atoms with E-state index in [0.29, 0.717) is 15.9 Å². The van der Waals surface area contributed by atoms with Crippen LogP contribution in [0.1, 0.15) is 25.5 Å². The number of thioether (sulfide) groups is 1. The number of benzene rings is 2. The number of nitrogens with zero attached hydrogens (tertiary/aromatic N) is 5. The number of hydrogen-bond donors (Lipinski definition) is 1. The minimum Gasteiger partial charge on any atom is -0.277 e. The summed E-state index contributed by atoms with van der Waals surface area (Å²) in [7, 11) is 0. The van der Waals surface area contributed by atoms with Gasteiger partial charge in [0.15, 0.2) is 0 Å². The second-order valence-corrected chi connectivity index (χ2v) is 8.55. The fourth-order valence-corrected chi connectivity index (χ4v) is 4.51. The van der Waals surface area contributed by atoms with E-state index in [1.165, 1.54) is 5.56 Å². The first-order valence-corrected chi connectivity index (χ1v) is 10.8. The number of nitrogens with one attached hydrogen (secondary N) is 1. The van der Waals surface area contributed by atoms with Crippen LogP contribution in [-0.2, 0) is 5.75 Å². The topological polar surface area (TPSA) is 72.3 Å². The van der Waals surface area contributed by atoms with Gasteiger partial charge in [0, 0.05) is 21.2 Å². The molecule has 4 aromatic rings. The number of hydrogen-bond acceptors (Lipinski definition) is 5. The molecule has 0 radical (unpaired) electrons. The molecule has 2 aromatic heterocycles. The second-order valence-electron chi connectivity index (χ2n) is 6.72. The predicted molar refractivity (Wildman–Crippen MR) is 117 cm³/mol. The lowest BCUT2D eigenvalue weighted by molar-refractivity contribution is 0.455. The molecule has 2 aromatic carbocycles. The summed E-state index contributed by atoms with van der Waals surface area (Å²) in [5.41, 5.74) is 3.57. The van der Waals surface area contributed by atoms with E-state index in [1.807, 2.05) is 38.1 Å². The highest BCUT2D eigenvalue weighted by atomic mass is 35.5. The van der Waals surface area contributed by atoms with Crippen LogP contribution in [0.3, 0.4) is 0 Å². The third kappa shape index (κ3) is 4.32. The van der Waals surface area contributed by atoms with Gasteiger partial charge < -0.3 is 0 Å². The first-order valence-electron chi connectivity index (χ1n) is 9.02. The molecular weight excluding hydrogens is 427 g/mol. The molecule has 0 amide bonds. The van der Waals surface area contributed by atoms with E-state index in [-0.39, 0.29) is 6.04 Å². The lowest BCUT2D eigenvalue weighted by Gasteiger charge is -2.12. The summed E-state index contributed by atoms with van der Waals surface area (Å²) < 4.78 is 0. The molecule has 0 fully saturated rings. The predicted octanol–water partition coefficient (Wildman–Crippen LogP) is 5.91.